The standard InChI is InChI=1S/C28H27N3O2/c1-18-8-9-19(2)22(14-18)17-31-25-13-12-24(30-27(32)20-10-11-20)15-21(25)16-26(31)28(33)29-23-6-4-3-5-7-23/h3-9,12-16,20H,10-11,17H2,1-2H3,(H,29,33)(H,30,32). The highest BCUT2D eigenvalue weighted by molar-refractivity contribution is 6.07. The first-order chi connectivity index (χ1) is 16.0. The first-order valence-electron chi connectivity index (χ1n) is 11.3. The van der Waals surface area contributed by atoms with Crippen LogP contribution in [0.5, 0.6) is 0 Å². The summed E-state index contributed by atoms with van der Waals surface area (Å²) in [7, 11) is 0. The number of aromatic nitrogens is 1. The lowest BCUT2D eigenvalue weighted by molar-refractivity contribution is -0.117. The molecule has 33 heavy (non-hydrogen) atoms. The molecule has 3 aromatic carbocycles. The summed E-state index contributed by atoms with van der Waals surface area (Å²) in [6.07, 6.45) is 1.92. The van der Waals surface area contributed by atoms with Crippen molar-refractivity contribution in [2.45, 2.75) is 33.2 Å². The molecule has 2 N–H and O–H groups in total. The van der Waals surface area contributed by atoms with E-state index in [1.54, 1.807) is 0 Å². The molecule has 0 spiro atoms. The van der Waals surface area contributed by atoms with Crippen LogP contribution in [0.2, 0.25) is 0 Å². The number of fused-ring (bicyclic) bond motifs is 1. The highest BCUT2D eigenvalue weighted by Crippen LogP contribution is 2.31. The van der Waals surface area contributed by atoms with Crippen molar-refractivity contribution < 1.29 is 9.59 Å². The second kappa shape index (κ2) is 8.58. The van der Waals surface area contributed by atoms with Crippen LogP contribution in [-0.4, -0.2) is 16.4 Å². The monoisotopic (exact) mass is 437 g/mol. The smallest absolute Gasteiger partial charge is 0.272 e. The van der Waals surface area contributed by atoms with Gasteiger partial charge in [-0.05, 0) is 74.2 Å². The maximum absolute atomic E-state index is 13.3. The number of hydrogen-bond donors (Lipinski definition) is 2. The predicted molar refractivity (Wildman–Crippen MR) is 133 cm³/mol. The largest absolute Gasteiger partial charge is 0.332 e. The van der Waals surface area contributed by atoms with Gasteiger partial charge in [0.1, 0.15) is 5.69 Å². The van der Waals surface area contributed by atoms with Gasteiger partial charge in [0.2, 0.25) is 5.91 Å². The summed E-state index contributed by atoms with van der Waals surface area (Å²) >= 11 is 0. The molecule has 1 heterocycles. The minimum atomic E-state index is -0.161. The predicted octanol–water partition coefficient (Wildman–Crippen LogP) is 5.91. The van der Waals surface area contributed by atoms with Gasteiger partial charge in [0.05, 0.1) is 0 Å². The molecule has 5 heteroatoms. The number of rotatable bonds is 6. The number of nitrogens with zero attached hydrogens (tertiary/aromatic N) is 1. The Morgan fingerprint density at radius 3 is 2.42 bits per heavy atom. The van der Waals surface area contributed by atoms with Gasteiger partial charge >= 0.3 is 0 Å². The van der Waals surface area contributed by atoms with Crippen molar-refractivity contribution >= 4 is 34.1 Å². The summed E-state index contributed by atoms with van der Waals surface area (Å²) < 4.78 is 2.06. The number of aryl methyl sites for hydroxylation is 2. The molecule has 5 nitrogen and oxygen atoms in total. The van der Waals surface area contributed by atoms with E-state index in [9.17, 15) is 9.59 Å². The molecule has 0 bridgehead atoms. The Morgan fingerprint density at radius 1 is 0.879 bits per heavy atom. The van der Waals surface area contributed by atoms with Crippen molar-refractivity contribution in [1.82, 2.24) is 4.57 Å². The summed E-state index contributed by atoms with van der Waals surface area (Å²) in [4.78, 5) is 25.5. The first-order valence-corrected chi connectivity index (χ1v) is 11.3. The van der Waals surface area contributed by atoms with Crippen LogP contribution in [0, 0.1) is 19.8 Å². The second-order valence-corrected chi connectivity index (χ2v) is 8.90. The average Bonchev–Trinajstić information content (AvgIpc) is 3.60. The number of hydrogen-bond acceptors (Lipinski definition) is 2. The van der Waals surface area contributed by atoms with E-state index in [0.717, 1.165) is 35.1 Å². The Kier molecular flexibility index (Phi) is 5.47. The molecule has 0 atom stereocenters. The Bertz CT molecular complexity index is 1350. The fraction of sp³-hybridized carbons (Fsp3) is 0.214. The van der Waals surface area contributed by atoms with Gasteiger partial charge < -0.3 is 15.2 Å². The third-order valence-corrected chi connectivity index (χ3v) is 6.21. The van der Waals surface area contributed by atoms with E-state index in [1.165, 1.54) is 16.7 Å². The quantitative estimate of drug-likeness (QED) is 0.394. The molecule has 1 aliphatic rings. The van der Waals surface area contributed by atoms with E-state index >= 15 is 0 Å². The van der Waals surface area contributed by atoms with E-state index in [4.69, 9.17) is 0 Å². The SMILES string of the molecule is Cc1ccc(C)c(Cn2c(C(=O)Nc3ccccc3)cc3cc(NC(=O)C4CC4)ccc32)c1. The minimum Gasteiger partial charge on any atom is -0.332 e. The molecule has 0 aliphatic heterocycles. The van der Waals surface area contributed by atoms with E-state index in [-0.39, 0.29) is 17.7 Å². The van der Waals surface area contributed by atoms with Gasteiger partial charge in [-0.1, -0.05) is 42.0 Å². The first kappa shape index (κ1) is 21.0. The maximum atomic E-state index is 13.3. The van der Waals surface area contributed by atoms with Crippen LogP contribution >= 0.6 is 0 Å². The van der Waals surface area contributed by atoms with E-state index in [1.807, 2.05) is 54.6 Å². The zero-order valence-corrected chi connectivity index (χ0v) is 18.9. The molecule has 1 fully saturated rings. The van der Waals surface area contributed by atoms with Gasteiger partial charge in [-0.3, -0.25) is 9.59 Å². The van der Waals surface area contributed by atoms with Crippen molar-refractivity contribution in [2.75, 3.05) is 10.6 Å². The fourth-order valence-electron chi connectivity index (χ4n) is 4.15. The van der Waals surface area contributed by atoms with Gasteiger partial charge in [-0.25, -0.2) is 0 Å². The van der Waals surface area contributed by atoms with Crippen molar-refractivity contribution in [3.05, 3.63) is 95.2 Å². The normalized spacial score (nSPS) is 13.2. The molecule has 5 rings (SSSR count). The lowest BCUT2D eigenvalue weighted by Crippen LogP contribution is -2.17. The molecule has 1 aromatic heterocycles. The highest BCUT2D eigenvalue weighted by Gasteiger charge is 2.29. The summed E-state index contributed by atoms with van der Waals surface area (Å²) in [5.74, 6) is 0.0549. The minimum absolute atomic E-state index is 0.0752. The van der Waals surface area contributed by atoms with Gasteiger partial charge in [0.25, 0.3) is 5.91 Å². The van der Waals surface area contributed by atoms with Crippen molar-refractivity contribution in [2.24, 2.45) is 5.92 Å². The number of benzene rings is 3. The molecule has 2 amide bonds. The van der Waals surface area contributed by atoms with Crippen molar-refractivity contribution in [3.8, 4) is 0 Å². The fourth-order valence-corrected chi connectivity index (χ4v) is 4.15. The van der Waals surface area contributed by atoms with Crippen LogP contribution in [0.3, 0.4) is 0 Å². The molecule has 0 saturated heterocycles. The third-order valence-electron chi connectivity index (χ3n) is 6.21. The van der Waals surface area contributed by atoms with E-state index < -0.39 is 0 Å². The summed E-state index contributed by atoms with van der Waals surface area (Å²) in [5.41, 5.74) is 6.60. The summed E-state index contributed by atoms with van der Waals surface area (Å²) in [5, 5.41) is 6.95. The number of anilines is 2. The molecule has 166 valence electrons. The Morgan fingerprint density at radius 2 is 1.67 bits per heavy atom. The Hall–Kier alpha value is -3.86. The maximum Gasteiger partial charge on any atom is 0.272 e. The lowest BCUT2D eigenvalue weighted by Gasteiger charge is -2.14. The van der Waals surface area contributed by atoms with E-state index in [0.29, 0.717) is 12.2 Å². The Balaban J connectivity index is 1.54. The number of amides is 2. The third kappa shape index (κ3) is 4.53. The molecule has 0 unspecified atom stereocenters. The molecular formula is C28H27N3O2. The van der Waals surface area contributed by atoms with Crippen LogP contribution in [-0.2, 0) is 11.3 Å². The summed E-state index contributed by atoms with van der Waals surface area (Å²) in [6.45, 7) is 4.76. The van der Waals surface area contributed by atoms with Gasteiger partial charge in [0.15, 0.2) is 0 Å². The number of carbonyl (C=O) groups excluding carboxylic acids is 2. The van der Waals surface area contributed by atoms with Crippen molar-refractivity contribution in [1.29, 1.82) is 0 Å². The molecule has 0 radical (unpaired) electrons. The average molecular weight is 438 g/mol. The van der Waals surface area contributed by atoms with Crippen LogP contribution in [0.1, 0.15) is 40.0 Å². The highest BCUT2D eigenvalue weighted by atomic mass is 16.2. The topological polar surface area (TPSA) is 63.1 Å². The molecular weight excluding hydrogens is 410 g/mol. The van der Waals surface area contributed by atoms with Gasteiger partial charge in [-0.15, -0.1) is 0 Å². The van der Waals surface area contributed by atoms with E-state index in [2.05, 4.69) is 47.2 Å². The van der Waals surface area contributed by atoms with Crippen LogP contribution in [0.4, 0.5) is 11.4 Å². The summed E-state index contributed by atoms with van der Waals surface area (Å²) in [6, 6.07) is 23.6. The second-order valence-electron chi connectivity index (χ2n) is 8.90. The Labute approximate surface area is 193 Å². The van der Waals surface area contributed by atoms with Crippen LogP contribution < -0.4 is 10.6 Å². The molecule has 1 aliphatic carbocycles. The van der Waals surface area contributed by atoms with Crippen molar-refractivity contribution in [3.63, 3.8) is 0 Å². The zero-order chi connectivity index (χ0) is 22.9. The number of para-hydroxylation sites is 1. The molecule has 4 aromatic rings. The molecule has 1 saturated carbocycles. The van der Waals surface area contributed by atoms with Gasteiger partial charge in [0, 0.05) is 34.7 Å². The number of carbonyl (C=O) groups is 2. The van der Waals surface area contributed by atoms with Crippen LogP contribution in [0.15, 0.2) is 72.8 Å². The zero-order valence-electron chi connectivity index (χ0n) is 18.9. The van der Waals surface area contributed by atoms with Crippen LogP contribution in [0.25, 0.3) is 10.9 Å². The number of nitrogens with one attached hydrogen (secondary N) is 2. The van der Waals surface area contributed by atoms with Gasteiger partial charge in [-0.2, -0.15) is 0 Å². The lowest BCUT2D eigenvalue weighted by atomic mass is 10.1.